The van der Waals surface area contributed by atoms with E-state index in [1.54, 1.807) is 21.1 Å². The van der Waals surface area contributed by atoms with E-state index >= 15 is 0 Å². The predicted molar refractivity (Wildman–Crippen MR) is 89.7 cm³/mol. The molecule has 2 heterocycles. The molecule has 23 heavy (non-hydrogen) atoms. The van der Waals surface area contributed by atoms with E-state index < -0.39 is 10.0 Å². The quantitative estimate of drug-likeness (QED) is 0.862. The van der Waals surface area contributed by atoms with Crippen molar-refractivity contribution in [3.63, 3.8) is 0 Å². The molecular weight excluding hydrogens is 310 g/mol. The average molecular weight is 333 g/mol. The first-order chi connectivity index (χ1) is 10.9. The van der Waals surface area contributed by atoms with Crippen molar-refractivity contribution in [1.82, 2.24) is 14.1 Å². The van der Waals surface area contributed by atoms with Crippen LogP contribution in [0.25, 0.3) is 0 Å². The Morgan fingerprint density at radius 3 is 2.70 bits per heavy atom. The van der Waals surface area contributed by atoms with Gasteiger partial charge in [0.05, 0.1) is 11.1 Å². The van der Waals surface area contributed by atoms with Gasteiger partial charge in [-0.25, -0.2) is 8.42 Å². The molecule has 0 amide bonds. The van der Waals surface area contributed by atoms with Gasteiger partial charge in [0, 0.05) is 26.3 Å². The second-order valence-corrected chi connectivity index (χ2v) is 8.43. The zero-order chi connectivity index (χ0) is 16.6. The van der Waals surface area contributed by atoms with Gasteiger partial charge in [-0.05, 0) is 61.4 Å². The molecule has 1 aliphatic rings. The molecule has 1 atom stereocenters. The molecule has 3 rings (SSSR count). The second-order valence-electron chi connectivity index (χ2n) is 6.49. The van der Waals surface area contributed by atoms with Gasteiger partial charge >= 0.3 is 0 Å². The van der Waals surface area contributed by atoms with E-state index in [0.29, 0.717) is 23.9 Å². The first kappa shape index (κ1) is 16.2. The maximum Gasteiger partial charge on any atom is 0.243 e. The fraction of sp³-hybridized carbons (Fsp3) is 0.471. The maximum absolute atomic E-state index is 12.8. The van der Waals surface area contributed by atoms with Gasteiger partial charge in [-0.1, -0.05) is 6.07 Å². The van der Waals surface area contributed by atoms with Gasteiger partial charge in [0.1, 0.15) is 0 Å². The van der Waals surface area contributed by atoms with Crippen LogP contribution < -0.4 is 0 Å². The third-order valence-electron chi connectivity index (χ3n) is 4.65. The Labute approximate surface area is 138 Å². The van der Waals surface area contributed by atoms with Crippen LogP contribution in [0.1, 0.15) is 23.1 Å². The largest absolute Gasteiger partial charge is 0.276 e. The van der Waals surface area contributed by atoms with Crippen LogP contribution in [-0.4, -0.2) is 35.6 Å². The van der Waals surface area contributed by atoms with Gasteiger partial charge < -0.3 is 0 Å². The van der Waals surface area contributed by atoms with E-state index in [1.165, 1.54) is 5.56 Å². The Kier molecular flexibility index (Phi) is 4.29. The van der Waals surface area contributed by atoms with Crippen molar-refractivity contribution in [1.29, 1.82) is 0 Å². The lowest BCUT2D eigenvalue weighted by Gasteiger charge is -2.17. The molecular formula is C17H23N3O2S. The van der Waals surface area contributed by atoms with Crippen molar-refractivity contribution >= 4 is 10.0 Å². The molecule has 1 fully saturated rings. The van der Waals surface area contributed by atoms with Gasteiger partial charge in [0.25, 0.3) is 0 Å². The van der Waals surface area contributed by atoms with Crippen LogP contribution in [0, 0.1) is 19.8 Å². The molecule has 0 bridgehead atoms. The molecule has 1 unspecified atom stereocenters. The fourth-order valence-electron chi connectivity index (χ4n) is 3.12. The summed E-state index contributed by atoms with van der Waals surface area (Å²) in [7, 11) is -1.49. The van der Waals surface area contributed by atoms with Crippen molar-refractivity contribution in [3.8, 4) is 0 Å². The summed E-state index contributed by atoms with van der Waals surface area (Å²) in [5.41, 5.74) is 3.29. The van der Waals surface area contributed by atoms with Crippen molar-refractivity contribution in [2.24, 2.45) is 13.0 Å². The topological polar surface area (TPSA) is 55.2 Å². The number of rotatable bonds is 4. The van der Waals surface area contributed by atoms with E-state index in [0.717, 1.165) is 24.0 Å². The van der Waals surface area contributed by atoms with E-state index in [2.05, 4.69) is 5.10 Å². The van der Waals surface area contributed by atoms with Crippen LogP contribution in [0.15, 0.2) is 35.5 Å². The molecule has 5 nitrogen and oxygen atoms in total. The molecule has 1 saturated heterocycles. The van der Waals surface area contributed by atoms with Crippen LogP contribution in [-0.2, 0) is 23.5 Å². The summed E-state index contributed by atoms with van der Waals surface area (Å²) < 4.78 is 29.0. The first-order valence-electron chi connectivity index (χ1n) is 7.91. The lowest BCUT2D eigenvalue weighted by molar-refractivity contribution is 0.456. The summed E-state index contributed by atoms with van der Waals surface area (Å²) in [6.07, 6.45) is 5.65. The minimum absolute atomic E-state index is 0.362. The van der Waals surface area contributed by atoms with Crippen molar-refractivity contribution < 1.29 is 8.42 Å². The number of aryl methyl sites for hydroxylation is 3. The smallest absolute Gasteiger partial charge is 0.243 e. The normalized spacial score (nSPS) is 19.3. The van der Waals surface area contributed by atoms with Gasteiger partial charge in [-0.3, -0.25) is 4.68 Å². The molecule has 2 aromatic rings. The molecule has 1 aliphatic heterocycles. The number of sulfonamides is 1. The minimum Gasteiger partial charge on any atom is -0.276 e. The average Bonchev–Trinajstić information content (AvgIpc) is 3.12. The van der Waals surface area contributed by atoms with Gasteiger partial charge in [-0.2, -0.15) is 9.40 Å². The highest BCUT2D eigenvalue weighted by atomic mass is 32.2. The molecule has 124 valence electrons. The summed E-state index contributed by atoms with van der Waals surface area (Å²) in [6, 6.07) is 5.37. The van der Waals surface area contributed by atoms with Crippen LogP contribution >= 0.6 is 0 Å². The molecule has 0 N–H and O–H groups in total. The minimum atomic E-state index is -3.39. The second kappa shape index (κ2) is 6.09. The molecule has 0 aliphatic carbocycles. The Balaban J connectivity index is 1.73. The Hall–Kier alpha value is -1.66. The van der Waals surface area contributed by atoms with E-state index in [4.69, 9.17) is 0 Å². The van der Waals surface area contributed by atoms with Crippen LogP contribution in [0.5, 0.6) is 0 Å². The first-order valence-corrected chi connectivity index (χ1v) is 9.35. The number of aromatic nitrogens is 2. The number of hydrogen-bond donors (Lipinski definition) is 0. The number of benzene rings is 1. The molecule has 0 radical (unpaired) electrons. The molecule has 0 saturated carbocycles. The van der Waals surface area contributed by atoms with E-state index in [1.807, 2.05) is 39.4 Å². The molecule has 1 aromatic carbocycles. The van der Waals surface area contributed by atoms with E-state index in [-0.39, 0.29) is 0 Å². The summed E-state index contributed by atoms with van der Waals surface area (Å²) in [5, 5.41) is 4.18. The molecule has 6 heteroatoms. The van der Waals surface area contributed by atoms with Crippen LogP contribution in [0.3, 0.4) is 0 Å². The zero-order valence-electron chi connectivity index (χ0n) is 13.9. The maximum atomic E-state index is 12.8. The van der Waals surface area contributed by atoms with Crippen molar-refractivity contribution in [3.05, 3.63) is 47.3 Å². The lowest BCUT2D eigenvalue weighted by Crippen LogP contribution is -2.29. The summed E-state index contributed by atoms with van der Waals surface area (Å²) >= 11 is 0. The highest BCUT2D eigenvalue weighted by molar-refractivity contribution is 7.89. The van der Waals surface area contributed by atoms with Gasteiger partial charge in [0.2, 0.25) is 10.0 Å². The highest BCUT2D eigenvalue weighted by Crippen LogP contribution is 2.27. The summed E-state index contributed by atoms with van der Waals surface area (Å²) in [4.78, 5) is 0.405. The Morgan fingerprint density at radius 1 is 1.26 bits per heavy atom. The van der Waals surface area contributed by atoms with Crippen LogP contribution in [0.4, 0.5) is 0 Å². The molecule has 0 spiro atoms. The Morgan fingerprint density at radius 2 is 2.04 bits per heavy atom. The highest BCUT2D eigenvalue weighted by Gasteiger charge is 2.32. The van der Waals surface area contributed by atoms with Gasteiger partial charge in [0.15, 0.2) is 0 Å². The van der Waals surface area contributed by atoms with Crippen molar-refractivity contribution in [2.45, 2.75) is 31.6 Å². The third-order valence-corrected chi connectivity index (χ3v) is 6.51. The van der Waals surface area contributed by atoms with Gasteiger partial charge in [-0.15, -0.1) is 0 Å². The monoisotopic (exact) mass is 333 g/mol. The SMILES string of the molecule is Cc1ccc(S(=O)(=O)N2CCC(Cc3cnn(C)c3)C2)cc1C. The summed E-state index contributed by atoms with van der Waals surface area (Å²) in [5.74, 6) is 0.362. The molecule has 1 aromatic heterocycles. The summed E-state index contributed by atoms with van der Waals surface area (Å²) in [6.45, 7) is 5.12. The lowest BCUT2D eigenvalue weighted by atomic mass is 10.0. The van der Waals surface area contributed by atoms with Crippen molar-refractivity contribution in [2.75, 3.05) is 13.1 Å². The van der Waals surface area contributed by atoms with Crippen LogP contribution in [0.2, 0.25) is 0 Å². The fourth-order valence-corrected chi connectivity index (χ4v) is 4.73. The number of hydrogen-bond acceptors (Lipinski definition) is 3. The number of nitrogens with zero attached hydrogens (tertiary/aromatic N) is 3. The third kappa shape index (κ3) is 3.33. The van der Waals surface area contributed by atoms with E-state index in [9.17, 15) is 8.42 Å². The predicted octanol–water partition coefficient (Wildman–Crippen LogP) is 2.29. The zero-order valence-corrected chi connectivity index (χ0v) is 14.7. The standard InChI is InChI=1S/C17H23N3O2S/c1-13-4-5-17(8-14(13)2)23(21,22)20-7-6-15(12-20)9-16-10-18-19(3)11-16/h4-5,8,10-11,15H,6-7,9,12H2,1-3H3. The Bertz CT molecular complexity index is 811.